The molecule has 9 heteroatoms. The molecule has 24 heavy (non-hydrogen) atoms. The Bertz CT molecular complexity index is 766. The van der Waals surface area contributed by atoms with Crippen LogP contribution in [0.2, 0.25) is 10.0 Å². The summed E-state index contributed by atoms with van der Waals surface area (Å²) in [5, 5.41) is 2.37. The topological polar surface area (TPSA) is 38.3 Å². The number of halogens is 6. The maximum Gasteiger partial charge on any atom is 0.422 e. The monoisotopic (exact) mass is 381 g/mol. The molecule has 0 atom stereocenters. The minimum Gasteiger partial charge on any atom is -0.482 e. The first kappa shape index (κ1) is 18.4. The van der Waals surface area contributed by atoms with E-state index in [1.54, 1.807) is 0 Å². The Balaban J connectivity index is 2.24. The van der Waals surface area contributed by atoms with Crippen molar-refractivity contribution < 1.29 is 27.1 Å². The number of carbonyl (C=O) groups excluding carboxylic acids is 1. The molecule has 2 aromatic carbocycles. The van der Waals surface area contributed by atoms with E-state index in [0.717, 1.165) is 18.2 Å². The summed E-state index contributed by atoms with van der Waals surface area (Å²) in [6.07, 6.45) is -4.54. The molecule has 0 saturated heterocycles. The maximum atomic E-state index is 13.0. The summed E-state index contributed by atoms with van der Waals surface area (Å²) in [4.78, 5) is 12.2. The summed E-state index contributed by atoms with van der Waals surface area (Å²) in [6, 6.07) is 6.84. The first-order valence-corrected chi connectivity index (χ1v) is 7.17. The van der Waals surface area contributed by atoms with E-state index in [0.29, 0.717) is 0 Å². The Labute approximate surface area is 144 Å². The van der Waals surface area contributed by atoms with Crippen molar-refractivity contribution in [3.05, 3.63) is 57.8 Å². The van der Waals surface area contributed by atoms with Gasteiger partial charge in [-0.05, 0) is 36.4 Å². The molecule has 0 aliphatic rings. The molecule has 0 bridgehead atoms. The van der Waals surface area contributed by atoms with Crippen molar-refractivity contribution in [1.82, 2.24) is 0 Å². The quantitative estimate of drug-likeness (QED) is 0.727. The van der Waals surface area contributed by atoms with Gasteiger partial charge in [0.15, 0.2) is 6.61 Å². The van der Waals surface area contributed by atoms with E-state index in [4.69, 9.17) is 23.2 Å². The molecule has 0 saturated carbocycles. The smallest absolute Gasteiger partial charge is 0.422 e. The number of carbonyl (C=O) groups is 1. The fraction of sp³-hybridized carbons (Fsp3) is 0.133. The lowest BCUT2D eigenvalue weighted by Crippen LogP contribution is -2.20. The van der Waals surface area contributed by atoms with Crippen molar-refractivity contribution in [1.29, 1.82) is 0 Å². The van der Waals surface area contributed by atoms with Crippen LogP contribution < -0.4 is 10.1 Å². The average Bonchev–Trinajstić information content (AvgIpc) is 2.45. The highest BCUT2D eigenvalue weighted by molar-refractivity contribution is 6.34. The third-order valence-electron chi connectivity index (χ3n) is 2.76. The Hall–Kier alpha value is -1.99. The molecule has 0 aromatic heterocycles. The summed E-state index contributed by atoms with van der Waals surface area (Å²) < 4.78 is 54.5. The predicted molar refractivity (Wildman–Crippen MR) is 82.4 cm³/mol. The Morgan fingerprint density at radius 1 is 1.12 bits per heavy atom. The highest BCUT2D eigenvalue weighted by atomic mass is 35.5. The minimum atomic E-state index is -4.54. The van der Waals surface area contributed by atoms with E-state index < -0.39 is 24.5 Å². The van der Waals surface area contributed by atoms with Crippen molar-refractivity contribution in [3.63, 3.8) is 0 Å². The Morgan fingerprint density at radius 3 is 2.46 bits per heavy atom. The number of rotatable bonds is 4. The predicted octanol–water partition coefficient (Wildman–Crippen LogP) is 5.33. The van der Waals surface area contributed by atoms with E-state index in [1.807, 2.05) is 0 Å². The molecule has 1 N–H and O–H groups in total. The second kappa shape index (κ2) is 7.27. The van der Waals surface area contributed by atoms with Gasteiger partial charge in [-0.15, -0.1) is 0 Å². The molecule has 0 heterocycles. The van der Waals surface area contributed by atoms with E-state index >= 15 is 0 Å². The van der Waals surface area contributed by atoms with Gasteiger partial charge in [0.2, 0.25) is 0 Å². The first-order chi connectivity index (χ1) is 11.2. The van der Waals surface area contributed by atoms with Gasteiger partial charge >= 0.3 is 6.18 Å². The van der Waals surface area contributed by atoms with Gasteiger partial charge in [-0.3, -0.25) is 4.79 Å². The van der Waals surface area contributed by atoms with Crippen molar-refractivity contribution in [2.24, 2.45) is 0 Å². The number of hydrogen-bond acceptors (Lipinski definition) is 2. The molecule has 128 valence electrons. The molecule has 0 aliphatic heterocycles. The molecular weight excluding hydrogens is 373 g/mol. The normalized spacial score (nSPS) is 11.2. The van der Waals surface area contributed by atoms with E-state index in [1.165, 1.54) is 18.2 Å². The standard InChI is InChI=1S/C15H9Cl2F4NO2/c16-8-1-4-13(24-7-15(19,20)21)12(5-8)22-14(23)10-3-2-9(18)6-11(10)17/h1-6H,7H2,(H,22,23). The lowest BCUT2D eigenvalue weighted by molar-refractivity contribution is -0.153. The highest BCUT2D eigenvalue weighted by Crippen LogP contribution is 2.30. The van der Waals surface area contributed by atoms with E-state index in [9.17, 15) is 22.4 Å². The number of anilines is 1. The fourth-order valence-electron chi connectivity index (χ4n) is 1.75. The molecule has 0 radical (unpaired) electrons. The molecule has 0 spiro atoms. The van der Waals surface area contributed by atoms with E-state index in [2.05, 4.69) is 10.1 Å². The molecule has 1 amide bonds. The summed E-state index contributed by atoms with van der Waals surface area (Å²) in [5.74, 6) is -1.60. The van der Waals surface area contributed by atoms with Crippen LogP contribution in [-0.4, -0.2) is 18.7 Å². The number of nitrogens with one attached hydrogen (secondary N) is 1. The van der Waals surface area contributed by atoms with Crippen LogP contribution in [0.25, 0.3) is 0 Å². The third-order valence-corrected chi connectivity index (χ3v) is 3.30. The lowest BCUT2D eigenvalue weighted by Gasteiger charge is -2.14. The second-order valence-corrected chi connectivity index (χ2v) is 5.47. The molecular formula is C15H9Cl2F4NO2. The number of benzene rings is 2. The highest BCUT2D eigenvalue weighted by Gasteiger charge is 2.29. The van der Waals surface area contributed by atoms with Gasteiger partial charge < -0.3 is 10.1 Å². The van der Waals surface area contributed by atoms with Gasteiger partial charge in [0.1, 0.15) is 11.6 Å². The molecule has 0 aliphatic carbocycles. The molecule has 3 nitrogen and oxygen atoms in total. The SMILES string of the molecule is O=C(Nc1cc(Cl)ccc1OCC(F)(F)F)c1ccc(F)cc1Cl. The van der Waals surface area contributed by atoms with Crippen LogP contribution in [0.1, 0.15) is 10.4 Å². The molecule has 2 rings (SSSR count). The minimum absolute atomic E-state index is 0.0557. The number of alkyl halides is 3. The van der Waals surface area contributed by atoms with Crippen molar-refractivity contribution in [2.75, 3.05) is 11.9 Å². The Kier molecular flexibility index (Phi) is 5.56. The van der Waals surface area contributed by atoms with Gasteiger partial charge in [-0.25, -0.2) is 4.39 Å². The van der Waals surface area contributed by atoms with Gasteiger partial charge in [-0.1, -0.05) is 23.2 Å². The van der Waals surface area contributed by atoms with Gasteiger partial charge in [-0.2, -0.15) is 13.2 Å². The van der Waals surface area contributed by atoms with Crippen molar-refractivity contribution >= 4 is 34.8 Å². The first-order valence-electron chi connectivity index (χ1n) is 6.41. The summed E-state index contributed by atoms with van der Waals surface area (Å²) in [5.41, 5.74) is -0.128. The molecule has 0 fully saturated rings. The number of hydrogen-bond donors (Lipinski definition) is 1. The van der Waals surface area contributed by atoms with Gasteiger partial charge in [0, 0.05) is 5.02 Å². The van der Waals surface area contributed by atoms with Crippen LogP contribution in [0.4, 0.5) is 23.2 Å². The summed E-state index contributed by atoms with van der Waals surface area (Å²) >= 11 is 11.6. The second-order valence-electron chi connectivity index (χ2n) is 4.62. The van der Waals surface area contributed by atoms with E-state index in [-0.39, 0.29) is 27.0 Å². The van der Waals surface area contributed by atoms with Crippen LogP contribution in [-0.2, 0) is 0 Å². The van der Waals surface area contributed by atoms with Crippen LogP contribution in [0.3, 0.4) is 0 Å². The molecule has 0 unspecified atom stereocenters. The molecule has 2 aromatic rings. The third kappa shape index (κ3) is 5.01. The van der Waals surface area contributed by atoms with Crippen molar-refractivity contribution in [2.45, 2.75) is 6.18 Å². The number of amides is 1. The van der Waals surface area contributed by atoms with Crippen LogP contribution in [0.15, 0.2) is 36.4 Å². The van der Waals surface area contributed by atoms with Crippen LogP contribution >= 0.6 is 23.2 Å². The fourth-order valence-corrected chi connectivity index (χ4v) is 2.17. The van der Waals surface area contributed by atoms with Gasteiger partial charge in [0.25, 0.3) is 5.91 Å². The zero-order chi connectivity index (χ0) is 17.9. The number of ether oxygens (including phenoxy) is 1. The average molecular weight is 382 g/mol. The van der Waals surface area contributed by atoms with Gasteiger partial charge in [0.05, 0.1) is 16.3 Å². The lowest BCUT2D eigenvalue weighted by atomic mass is 10.2. The summed E-state index contributed by atoms with van der Waals surface area (Å²) in [7, 11) is 0. The summed E-state index contributed by atoms with van der Waals surface area (Å²) in [6.45, 7) is -1.53. The maximum absolute atomic E-state index is 13.0. The zero-order valence-corrected chi connectivity index (χ0v) is 13.3. The largest absolute Gasteiger partial charge is 0.482 e. The van der Waals surface area contributed by atoms with Crippen molar-refractivity contribution in [3.8, 4) is 5.75 Å². The zero-order valence-electron chi connectivity index (χ0n) is 11.8. The van der Waals surface area contributed by atoms with Crippen LogP contribution in [0.5, 0.6) is 5.75 Å². The Morgan fingerprint density at radius 2 is 1.83 bits per heavy atom. The van der Waals surface area contributed by atoms with Crippen LogP contribution in [0, 0.1) is 5.82 Å².